The van der Waals surface area contributed by atoms with E-state index in [0.717, 1.165) is 49.5 Å². The van der Waals surface area contributed by atoms with E-state index in [1.54, 1.807) is 0 Å². The number of alkyl halides is 3. The zero-order valence-corrected chi connectivity index (χ0v) is 22.3. The van der Waals surface area contributed by atoms with Gasteiger partial charge in [-0.3, -0.25) is 0 Å². The van der Waals surface area contributed by atoms with Crippen LogP contribution < -0.4 is 0 Å². The summed E-state index contributed by atoms with van der Waals surface area (Å²) in [6.45, 7) is 5.73. The van der Waals surface area contributed by atoms with Gasteiger partial charge in [-0.25, -0.2) is 4.39 Å². The van der Waals surface area contributed by atoms with Crippen molar-refractivity contribution in [1.82, 2.24) is 0 Å². The van der Waals surface area contributed by atoms with Crippen molar-refractivity contribution in [3.63, 3.8) is 0 Å². The van der Waals surface area contributed by atoms with Gasteiger partial charge in [-0.05, 0) is 110 Å². The maximum absolute atomic E-state index is 14.8. The van der Waals surface area contributed by atoms with Gasteiger partial charge < -0.3 is 4.74 Å². The van der Waals surface area contributed by atoms with E-state index < -0.39 is 12.3 Å². The normalized spacial score (nSPS) is 25.5. The molecule has 2 saturated carbocycles. The van der Waals surface area contributed by atoms with E-state index in [0.29, 0.717) is 17.4 Å². The second-order valence-electron chi connectivity index (χ2n) is 11.3. The molecule has 37 heavy (non-hydrogen) atoms. The van der Waals surface area contributed by atoms with Gasteiger partial charge in [-0.2, -0.15) is 8.78 Å². The smallest absolute Gasteiger partial charge is 0.313 e. The number of hydrogen-bond acceptors (Lipinski definition) is 1. The minimum Gasteiger partial charge on any atom is -0.313 e. The first-order chi connectivity index (χ1) is 17.9. The van der Waals surface area contributed by atoms with Crippen LogP contribution in [0.2, 0.25) is 0 Å². The quantitative estimate of drug-likeness (QED) is 0.272. The molecule has 2 aromatic rings. The number of ether oxygens (including phenoxy) is 1. The molecule has 0 radical (unpaired) electrons. The van der Waals surface area contributed by atoms with Crippen LogP contribution in [0.4, 0.5) is 13.2 Å². The summed E-state index contributed by atoms with van der Waals surface area (Å²) in [4.78, 5) is 0. The van der Waals surface area contributed by atoms with Crippen molar-refractivity contribution in [1.29, 1.82) is 0 Å². The summed E-state index contributed by atoms with van der Waals surface area (Å²) >= 11 is 0. The van der Waals surface area contributed by atoms with E-state index in [1.807, 2.05) is 42.5 Å². The van der Waals surface area contributed by atoms with E-state index in [4.69, 9.17) is 4.74 Å². The van der Waals surface area contributed by atoms with Crippen LogP contribution in [0.15, 0.2) is 61.2 Å². The molecule has 0 heterocycles. The monoisotopic (exact) mass is 512 g/mol. The third-order valence-electron chi connectivity index (χ3n) is 8.93. The molecule has 202 valence electrons. The molecule has 2 aliphatic rings. The summed E-state index contributed by atoms with van der Waals surface area (Å²) < 4.78 is 48.9. The van der Waals surface area contributed by atoms with Crippen molar-refractivity contribution in [2.75, 3.05) is 0 Å². The number of hydrogen-bond donors (Lipinski definition) is 0. The average molecular weight is 513 g/mol. The Kier molecular flexibility index (Phi) is 9.92. The van der Waals surface area contributed by atoms with Gasteiger partial charge in [0.1, 0.15) is 0 Å². The second-order valence-corrected chi connectivity index (χ2v) is 11.3. The lowest BCUT2D eigenvalue weighted by Crippen LogP contribution is -2.27. The van der Waals surface area contributed by atoms with Crippen molar-refractivity contribution in [3.8, 4) is 0 Å². The molecule has 1 unspecified atom stereocenters. The van der Waals surface area contributed by atoms with Crippen molar-refractivity contribution in [2.45, 2.75) is 108 Å². The average Bonchev–Trinajstić information content (AvgIpc) is 2.95. The molecule has 0 N–H and O–H groups in total. The van der Waals surface area contributed by atoms with Gasteiger partial charge >= 0.3 is 6.11 Å². The number of benzene rings is 2. The fourth-order valence-electron chi connectivity index (χ4n) is 6.31. The molecule has 1 nitrogen and oxygen atoms in total. The molecule has 4 rings (SSSR count). The number of halogens is 3. The fourth-order valence-corrected chi connectivity index (χ4v) is 6.31. The van der Waals surface area contributed by atoms with E-state index in [9.17, 15) is 13.2 Å². The molecule has 2 fully saturated rings. The van der Waals surface area contributed by atoms with E-state index >= 15 is 0 Å². The highest BCUT2D eigenvalue weighted by Gasteiger charge is 2.43. The van der Waals surface area contributed by atoms with Gasteiger partial charge in [-0.1, -0.05) is 68.0 Å². The minimum absolute atomic E-state index is 0.0324. The van der Waals surface area contributed by atoms with Gasteiger partial charge in [0.05, 0.1) is 6.61 Å². The predicted molar refractivity (Wildman–Crippen MR) is 146 cm³/mol. The Bertz CT molecular complexity index is 952. The van der Waals surface area contributed by atoms with Crippen molar-refractivity contribution < 1.29 is 17.9 Å². The third kappa shape index (κ3) is 7.50. The van der Waals surface area contributed by atoms with Gasteiger partial charge in [-0.15, -0.1) is 6.58 Å². The van der Waals surface area contributed by atoms with Crippen LogP contribution in [0.5, 0.6) is 0 Å². The molecule has 1 atom stereocenters. The lowest BCUT2D eigenvalue weighted by Gasteiger charge is -2.29. The van der Waals surface area contributed by atoms with Crippen LogP contribution >= 0.6 is 0 Å². The van der Waals surface area contributed by atoms with Crippen molar-refractivity contribution in [2.24, 2.45) is 11.8 Å². The summed E-state index contributed by atoms with van der Waals surface area (Å²) in [6.07, 6.45) is 8.58. The summed E-state index contributed by atoms with van der Waals surface area (Å²) in [5, 5.41) is 0. The molecule has 0 spiro atoms. The standard InChI is InChI=1S/C33H43F3O/c1-3-5-6-25-9-15-28(16-10-25)29-17-11-26(12-18-29)23-37-33(35,36)32(34)31-21-19-30(20-22-31)27-13-7-24(4-2)8-14-27/h3,11-12,17-22,24-25,27-28,32H,1,4-10,13-16,23H2,2H3. The maximum Gasteiger partial charge on any atom is 0.391 e. The predicted octanol–water partition coefficient (Wildman–Crippen LogP) is 10.4. The maximum atomic E-state index is 14.8. The summed E-state index contributed by atoms with van der Waals surface area (Å²) in [5.74, 6) is 2.55. The Labute approximate surface area is 221 Å². The van der Waals surface area contributed by atoms with Gasteiger partial charge in [0.15, 0.2) is 0 Å². The summed E-state index contributed by atoms with van der Waals surface area (Å²) in [6, 6.07) is 14.4. The first-order valence-electron chi connectivity index (χ1n) is 14.3. The number of rotatable bonds is 11. The van der Waals surface area contributed by atoms with Crippen LogP contribution in [0.25, 0.3) is 0 Å². The van der Waals surface area contributed by atoms with Gasteiger partial charge in [0.25, 0.3) is 0 Å². The molecule has 0 bridgehead atoms. The van der Waals surface area contributed by atoms with Crippen LogP contribution in [0.3, 0.4) is 0 Å². The molecule has 0 saturated heterocycles. The van der Waals surface area contributed by atoms with Crippen LogP contribution in [0, 0.1) is 11.8 Å². The lowest BCUT2D eigenvalue weighted by atomic mass is 9.77. The Morgan fingerprint density at radius 2 is 1.35 bits per heavy atom. The minimum atomic E-state index is -3.89. The SMILES string of the molecule is C=CCCC1CCC(c2ccc(COC(F)(F)C(F)c3ccc(C4CCC(CC)CC4)cc3)cc2)CC1. The Balaban J connectivity index is 1.26. The van der Waals surface area contributed by atoms with E-state index in [-0.39, 0.29) is 12.2 Å². The molecule has 0 amide bonds. The second kappa shape index (κ2) is 13.1. The molecule has 0 aromatic heterocycles. The molecule has 2 aliphatic carbocycles. The van der Waals surface area contributed by atoms with Crippen molar-refractivity contribution in [3.05, 3.63) is 83.4 Å². The molecule has 2 aromatic carbocycles. The molecule has 0 aliphatic heterocycles. The van der Waals surface area contributed by atoms with Crippen molar-refractivity contribution >= 4 is 0 Å². The Morgan fingerprint density at radius 1 is 0.838 bits per heavy atom. The lowest BCUT2D eigenvalue weighted by molar-refractivity contribution is -0.282. The van der Waals surface area contributed by atoms with Crippen LogP contribution in [-0.4, -0.2) is 6.11 Å². The summed E-state index contributed by atoms with van der Waals surface area (Å²) in [7, 11) is 0. The molecule has 4 heteroatoms. The highest BCUT2D eigenvalue weighted by molar-refractivity contribution is 5.28. The number of allylic oxidation sites excluding steroid dienone is 1. The van der Waals surface area contributed by atoms with E-state index in [2.05, 4.69) is 13.5 Å². The largest absolute Gasteiger partial charge is 0.391 e. The third-order valence-corrected chi connectivity index (χ3v) is 8.93. The summed E-state index contributed by atoms with van der Waals surface area (Å²) in [5.41, 5.74) is 2.98. The highest BCUT2D eigenvalue weighted by Crippen LogP contribution is 2.40. The highest BCUT2D eigenvalue weighted by atomic mass is 19.3. The zero-order chi connectivity index (χ0) is 26.3. The van der Waals surface area contributed by atoms with Gasteiger partial charge in [0.2, 0.25) is 6.17 Å². The molecular formula is C33H43F3O. The fraction of sp³-hybridized carbons (Fsp3) is 0.576. The van der Waals surface area contributed by atoms with E-state index in [1.165, 1.54) is 56.2 Å². The zero-order valence-electron chi connectivity index (χ0n) is 22.3. The first-order valence-corrected chi connectivity index (χ1v) is 14.3. The Morgan fingerprint density at radius 3 is 1.86 bits per heavy atom. The first kappa shape index (κ1) is 28.0. The van der Waals surface area contributed by atoms with Crippen LogP contribution in [-0.2, 0) is 11.3 Å². The Hall–Kier alpha value is -2.07. The van der Waals surface area contributed by atoms with Gasteiger partial charge in [0, 0.05) is 0 Å². The molecular weight excluding hydrogens is 469 g/mol. The topological polar surface area (TPSA) is 9.23 Å². The van der Waals surface area contributed by atoms with Crippen LogP contribution in [0.1, 0.15) is 118 Å².